The maximum absolute atomic E-state index is 12.9. The molecule has 8 nitrogen and oxygen atoms in total. The van der Waals surface area contributed by atoms with E-state index in [0.717, 1.165) is 0 Å². The molecule has 0 heterocycles. The lowest BCUT2D eigenvalue weighted by atomic mass is 9.99. The lowest BCUT2D eigenvalue weighted by Crippen LogP contribution is -2.38. The Bertz CT molecular complexity index is 1330. The fourth-order valence-electron chi connectivity index (χ4n) is 3.39. The first kappa shape index (κ1) is 26.8. The minimum atomic E-state index is -4.03. The molecular formula is C24H24Cl2N2O6S. The van der Waals surface area contributed by atoms with Gasteiger partial charge in [0.05, 0.1) is 25.7 Å². The summed E-state index contributed by atoms with van der Waals surface area (Å²) in [6.45, 7) is -0.530. The Morgan fingerprint density at radius 3 is 2.34 bits per heavy atom. The van der Waals surface area contributed by atoms with Crippen LogP contribution in [0, 0.1) is 0 Å². The molecule has 186 valence electrons. The molecule has 3 rings (SSSR count). The van der Waals surface area contributed by atoms with Crippen molar-refractivity contribution in [3.8, 4) is 11.5 Å². The number of likely N-dealkylation sites (N-methyl/N-ethyl adjacent to an activating group) is 1. The molecule has 35 heavy (non-hydrogen) atoms. The molecule has 0 aliphatic heterocycles. The van der Waals surface area contributed by atoms with Crippen LogP contribution in [0.5, 0.6) is 11.5 Å². The summed E-state index contributed by atoms with van der Waals surface area (Å²) in [5, 5.41) is 11.7. The zero-order valence-corrected chi connectivity index (χ0v) is 21.5. The molecule has 0 aromatic heterocycles. The first-order valence-corrected chi connectivity index (χ1v) is 12.5. The third kappa shape index (κ3) is 6.06. The number of anilines is 1. The number of nitrogens with zero attached hydrogens (tertiary/aromatic N) is 1. The molecule has 3 aromatic rings. The van der Waals surface area contributed by atoms with Crippen molar-refractivity contribution < 1.29 is 27.8 Å². The molecule has 11 heteroatoms. The minimum Gasteiger partial charge on any atom is -0.493 e. The van der Waals surface area contributed by atoms with E-state index in [9.17, 15) is 18.3 Å². The normalized spacial score (nSPS) is 12.2. The van der Waals surface area contributed by atoms with Gasteiger partial charge in [0, 0.05) is 40.0 Å². The second-order valence-electron chi connectivity index (χ2n) is 7.42. The van der Waals surface area contributed by atoms with Crippen LogP contribution in [0.1, 0.15) is 17.2 Å². The summed E-state index contributed by atoms with van der Waals surface area (Å²) < 4.78 is 38.1. The van der Waals surface area contributed by atoms with Gasteiger partial charge in [-0.05, 0) is 36.4 Å². The number of nitrogens with one attached hydrogen (secondary N) is 1. The number of aliphatic hydroxyl groups excluding tert-OH is 1. The maximum Gasteiger partial charge on any atom is 0.241 e. The van der Waals surface area contributed by atoms with Gasteiger partial charge in [0.25, 0.3) is 0 Å². The highest BCUT2D eigenvalue weighted by Gasteiger charge is 2.24. The summed E-state index contributed by atoms with van der Waals surface area (Å²) in [6, 6.07) is 15.5. The van der Waals surface area contributed by atoms with E-state index in [1.165, 1.54) is 50.4 Å². The van der Waals surface area contributed by atoms with Crippen molar-refractivity contribution in [3.63, 3.8) is 0 Å². The molecule has 0 radical (unpaired) electrons. The number of amides is 1. The number of hydrogen-bond donors (Lipinski definition) is 2. The van der Waals surface area contributed by atoms with Crippen LogP contribution >= 0.6 is 23.2 Å². The van der Waals surface area contributed by atoms with Crippen molar-refractivity contribution in [1.82, 2.24) is 4.72 Å². The largest absolute Gasteiger partial charge is 0.493 e. The molecule has 1 unspecified atom stereocenters. The molecule has 1 amide bonds. The highest BCUT2D eigenvalue weighted by Crippen LogP contribution is 2.35. The van der Waals surface area contributed by atoms with Crippen molar-refractivity contribution in [2.45, 2.75) is 11.0 Å². The first-order valence-electron chi connectivity index (χ1n) is 10.3. The number of hydrogen-bond acceptors (Lipinski definition) is 6. The fraction of sp³-hybridized carbons (Fsp3) is 0.208. The van der Waals surface area contributed by atoms with E-state index in [-0.39, 0.29) is 10.6 Å². The number of carbonyl (C=O) groups excluding carboxylic acids is 1. The monoisotopic (exact) mass is 538 g/mol. The van der Waals surface area contributed by atoms with E-state index in [4.69, 9.17) is 32.7 Å². The molecule has 0 saturated carbocycles. The van der Waals surface area contributed by atoms with Crippen molar-refractivity contribution in [3.05, 3.63) is 81.8 Å². The van der Waals surface area contributed by atoms with Crippen LogP contribution in [0.3, 0.4) is 0 Å². The summed E-state index contributed by atoms with van der Waals surface area (Å²) in [6.07, 6.45) is -1.17. The Morgan fingerprint density at radius 1 is 1.00 bits per heavy atom. The van der Waals surface area contributed by atoms with Gasteiger partial charge >= 0.3 is 0 Å². The molecule has 0 saturated heterocycles. The van der Waals surface area contributed by atoms with Crippen LogP contribution < -0.4 is 19.1 Å². The van der Waals surface area contributed by atoms with Crippen LogP contribution in [0.2, 0.25) is 10.0 Å². The van der Waals surface area contributed by atoms with Crippen molar-refractivity contribution >= 4 is 44.8 Å². The van der Waals surface area contributed by atoms with Gasteiger partial charge in [-0.2, -0.15) is 0 Å². The van der Waals surface area contributed by atoms with E-state index in [1.54, 1.807) is 36.4 Å². The lowest BCUT2D eigenvalue weighted by Gasteiger charge is -2.24. The minimum absolute atomic E-state index is 0.0908. The molecule has 0 spiro atoms. The Hall–Kier alpha value is -2.82. The Labute approximate surface area is 214 Å². The van der Waals surface area contributed by atoms with Gasteiger partial charge in [-0.15, -0.1) is 0 Å². The zero-order chi connectivity index (χ0) is 25.8. The second kappa shape index (κ2) is 11.3. The summed E-state index contributed by atoms with van der Waals surface area (Å²) >= 11 is 12.4. The highest BCUT2D eigenvalue weighted by molar-refractivity contribution is 7.89. The summed E-state index contributed by atoms with van der Waals surface area (Å²) in [7, 11) is 0.267. The molecule has 2 N–H and O–H groups in total. The average molecular weight is 539 g/mol. The number of ether oxygens (including phenoxy) is 2. The fourth-order valence-corrected chi connectivity index (χ4v) is 4.80. The molecule has 0 fully saturated rings. The van der Waals surface area contributed by atoms with Crippen molar-refractivity contribution in [1.29, 1.82) is 0 Å². The summed E-state index contributed by atoms with van der Waals surface area (Å²) in [5.74, 6) is 0.0387. The third-order valence-corrected chi connectivity index (χ3v) is 7.28. The molecule has 0 aliphatic carbocycles. The van der Waals surface area contributed by atoms with Crippen LogP contribution in [-0.2, 0) is 14.8 Å². The quantitative estimate of drug-likeness (QED) is 0.426. The average Bonchev–Trinajstić information content (AvgIpc) is 2.86. The van der Waals surface area contributed by atoms with Crippen LogP contribution in [0.15, 0.2) is 65.6 Å². The topological polar surface area (TPSA) is 105 Å². The standard InChI is InChI=1S/C24H24Cl2N2O6S/c1-28(20-10-8-15(25)12-18(20)24(30)17-6-4-5-7-19(17)26)23(29)14-27-35(31,32)16-9-11-21(33-2)22(13-16)34-3/h4-13,24,27,30H,14H2,1-3H3. The SMILES string of the molecule is COc1ccc(S(=O)(=O)NCC(=O)N(C)c2ccc(Cl)cc2C(O)c2ccccc2Cl)cc1OC. The van der Waals surface area contributed by atoms with Gasteiger partial charge in [0.15, 0.2) is 11.5 Å². The van der Waals surface area contributed by atoms with E-state index < -0.39 is 28.6 Å². The van der Waals surface area contributed by atoms with Gasteiger partial charge < -0.3 is 19.5 Å². The van der Waals surface area contributed by atoms with Crippen molar-refractivity contribution in [2.24, 2.45) is 0 Å². The number of sulfonamides is 1. The second-order valence-corrected chi connectivity index (χ2v) is 10.0. The predicted octanol–water partition coefficient (Wildman–Crippen LogP) is 4.03. The Kier molecular flexibility index (Phi) is 8.63. The van der Waals surface area contributed by atoms with Gasteiger partial charge in [0.2, 0.25) is 15.9 Å². The number of methoxy groups -OCH3 is 2. The number of aliphatic hydroxyl groups is 1. The Morgan fingerprint density at radius 2 is 1.69 bits per heavy atom. The highest BCUT2D eigenvalue weighted by atomic mass is 35.5. The lowest BCUT2D eigenvalue weighted by molar-refractivity contribution is -0.117. The van der Waals surface area contributed by atoms with Crippen LogP contribution in [0.4, 0.5) is 5.69 Å². The molecule has 3 aromatic carbocycles. The molecule has 1 atom stereocenters. The number of benzene rings is 3. The predicted molar refractivity (Wildman–Crippen MR) is 135 cm³/mol. The number of rotatable bonds is 9. The zero-order valence-electron chi connectivity index (χ0n) is 19.2. The summed E-state index contributed by atoms with van der Waals surface area (Å²) in [4.78, 5) is 14.1. The van der Waals surface area contributed by atoms with Crippen LogP contribution in [-0.4, -0.2) is 47.2 Å². The maximum atomic E-state index is 12.9. The first-order chi connectivity index (χ1) is 16.6. The molecule has 0 bridgehead atoms. The Balaban J connectivity index is 1.82. The van der Waals surface area contributed by atoms with E-state index in [0.29, 0.717) is 32.6 Å². The van der Waals surface area contributed by atoms with E-state index in [2.05, 4.69) is 4.72 Å². The summed E-state index contributed by atoms with van der Waals surface area (Å²) in [5.41, 5.74) is 1.12. The molecule has 0 aliphatic rings. The number of carbonyl (C=O) groups is 1. The van der Waals surface area contributed by atoms with Crippen molar-refractivity contribution in [2.75, 3.05) is 32.7 Å². The van der Waals surface area contributed by atoms with Gasteiger partial charge in [-0.25, -0.2) is 13.1 Å². The van der Waals surface area contributed by atoms with Gasteiger partial charge in [-0.3, -0.25) is 4.79 Å². The number of halogens is 2. The van der Waals surface area contributed by atoms with Crippen LogP contribution in [0.25, 0.3) is 0 Å². The van der Waals surface area contributed by atoms with Gasteiger partial charge in [-0.1, -0.05) is 41.4 Å². The third-order valence-electron chi connectivity index (χ3n) is 5.30. The molecular weight excluding hydrogens is 515 g/mol. The van der Waals surface area contributed by atoms with E-state index in [1.807, 2.05) is 0 Å². The smallest absolute Gasteiger partial charge is 0.241 e. The van der Waals surface area contributed by atoms with E-state index >= 15 is 0 Å². The van der Waals surface area contributed by atoms with Gasteiger partial charge in [0.1, 0.15) is 6.10 Å².